The number of esters is 1. The van der Waals surface area contributed by atoms with Gasteiger partial charge in [0.1, 0.15) is 5.82 Å². The van der Waals surface area contributed by atoms with Crippen LogP contribution in [-0.4, -0.2) is 46.6 Å². The largest absolute Gasteiger partial charge is 0.464 e. The minimum atomic E-state index is -0.657. The number of carbonyl (C=O) groups excluding carboxylic acids is 3. The third kappa shape index (κ3) is 3.85. The first-order valence-corrected chi connectivity index (χ1v) is 9.18. The van der Waals surface area contributed by atoms with E-state index < -0.39 is 23.7 Å². The Hall–Kier alpha value is -3.23. The van der Waals surface area contributed by atoms with Crippen molar-refractivity contribution in [1.29, 1.82) is 0 Å². The summed E-state index contributed by atoms with van der Waals surface area (Å²) < 4.78 is 19.6. The number of methoxy groups -OCH3 is 1. The van der Waals surface area contributed by atoms with E-state index in [1.807, 2.05) is 0 Å². The van der Waals surface area contributed by atoms with Gasteiger partial charge in [0.2, 0.25) is 11.8 Å². The lowest BCUT2D eigenvalue weighted by molar-refractivity contribution is -0.140. The molecule has 2 aromatic rings. The van der Waals surface area contributed by atoms with Crippen LogP contribution < -0.4 is 5.32 Å². The fraction of sp³-hybridized carbons (Fsp3) is 0.400. The maximum absolute atomic E-state index is 13.4. The summed E-state index contributed by atoms with van der Waals surface area (Å²) in [7, 11) is 4.53. The number of ether oxygens (including phenoxy) is 1. The van der Waals surface area contributed by atoms with Gasteiger partial charge < -0.3 is 15.0 Å². The molecule has 29 heavy (non-hydrogen) atoms. The van der Waals surface area contributed by atoms with Crippen molar-refractivity contribution in [3.05, 3.63) is 47.0 Å². The molecule has 1 saturated heterocycles. The van der Waals surface area contributed by atoms with Crippen molar-refractivity contribution in [3.63, 3.8) is 0 Å². The van der Waals surface area contributed by atoms with Crippen LogP contribution in [0.2, 0.25) is 0 Å². The van der Waals surface area contributed by atoms with Gasteiger partial charge in [-0.1, -0.05) is 12.1 Å². The minimum absolute atomic E-state index is 0.0134. The molecule has 1 aliphatic rings. The zero-order chi connectivity index (χ0) is 21.3. The molecule has 0 spiro atoms. The van der Waals surface area contributed by atoms with Crippen molar-refractivity contribution >= 4 is 23.5 Å². The molecule has 8 nitrogen and oxygen atoms in total. The van der Waals surface area contributed by atoms with Crippen LogP contribution in [0.4, 0.5) is 10.1 Å². The lowest BCUT2D eigenvalue weighted by Gasteiger charge is -2.38. The van der Waals surface area contributed by atoms with E-state index >= 15 is 0 Å². The number of aromatic nitrogens is 2. The molecule has 0 aliphatic carbocycles. The predicted octanol–water partition coefficient (Wildman–Crippen LogP) is 2.20. The number of hydrogen-bond acceptors (Lipinski definition) is 5. The molecule has 2 heterocycles. The standard InChI is InChI=1S/C20H23FN4O4/c1-11-16(17(20(28)29-4)23-25(11)3)22-19(27)14-9-10-15(26)24(2)18(14)12-5-7-13(21)8-6-12/h5-8,14,18H,9-10H2,1-4H3,(H,22,27). The number of nitrogens with zero attached hydrogens (tertiary/aromatic N) is 3. The normalized spacial score (nSPS) is 19.2. The smallest absolute Gasteiger partial charge is 0.360 e. The van der Waals surface area contributed by atoms with Crippen LogP contribution in [0.5, 0.6) is 0 Å². The molecule has 2 atom stereocenters. The summed E-state index contributed by atoms with van der Waals surface area (Å²) in [5, 5.41) is 6.91. The molecule has 154 valence electrons. The Morgan fingerprint density at radius 3 is 2.52 bits per heavy atom. The van der Waals surface area contributed by atoms with E-state index in [1.54, 1.807) is 33.2 Å². The van der Waals surface area contributed by atoms with Gasteiger partial charge in [0.05, 0.1) is 30.5 Å². The Labute approximate surface area is 167 Å². The average molecular weight is 402 g/mol. The Balaban J connectivity index is 1.94. The molecular weight excluding hydrogens is 379 g/mol. The van der Waals surface area contributed by atoms with E-state index in [9.17, 15) is 18.8 Å². The topological polar surface area (TPSA) is 93.5 Å². The fourth-order valence-corrected chi connectivity index (χ4v) is 3.64. The van der Waals surface area contributed by atoms with E-state index in [4.69, 9.17) is 4.74 Å². The lowest BCUT2D eigenvalue weighted by Crippen LogP contribution is -2.44. The first-order chi connectivity index (χ1) is 13.7. The molecule has 0 radical (unpaired) electrons. The summed E-state index contributed by atoms with van der Waals surface area (Å²) in [5.74, 6) is -2.06. The Kier molecular flexibility index (Phi) is 5.67. The van der Waals surface area contributed by atoms with Gasteiger partial charge in [0, 0.05) is 20.5 Å². The molecule has 2 unspecified atom stereocenters. The maximum Gasteiger partial charge on any atom is 0.360 e. The number of aryl methyl sites for hydroxylation is 1. The number of carbonyl (C=O) groups is 3. The van der Waals surface area contributed by atoms with Crippen LogP contribution in [0, 0.1) is 18.7 Å². The predicted molar refractivity (Wildman–Crippen MR) is 103 cm³/mol. The first-order valence-electron chi connectivity index (χ1n) is 9.18. The zero-order valence-electron chi connectivity index (χ0n) is 16.7. The van der Waals surface area contributed by atoms with Gasteiger partial charge in [-0.2, -0.15) is 5.10 Å². The van der Waals surface area contributed by atoms with Crippen LogP contribution in [0.3, 0.4) is 0 Å². The van der Waals surface area contributed by atoms with E-state index in [2.05, 4.69) is 10.4 Å². The van der Waals surface area contributed by atoms with E-state index in [1.165, 1.54) is 28.8 Å². The molecule has 9 heteroatoms. The third-order valence-electron chi connectivity index (χ3n) is 5.37. The number of likely N-dealkylation sites (tertiary alicyclic amines) is 1. The number of amides is 2. The summed E-state index contributed by atoms with van der Waals surface area (Å²) in [5.41, 5.74) is 1.55. The molecule has 3 rings (SSSR count). The number of halogens is 1. The van der Waals surface area contributed by atoms with Crippen molar-refractivity contribution in [3.8, 4) is 0 Å². The second kappa shape index (κ2) is 8.02. The number of nitrogens with one attached hydrogen (secondary N) is 1. The van der Waals surface area contributed by atoms with Crippen molar-refractivity contribution in [2.45, 2.75) is 25.8 Å². The van der Waals surface area contributed by atoms with Crippen molar-refractivity contribution in [2.24, 2.45) is 13.0 Å². The number of piperidine rings is 1. The highest BCUT2D eigenvalue weighted by Gasteiger charge is 2.39. The average Bonchev–Trinajstić information content (AvgIpc) is 2.98. The number of benzene rings is 1. The zero-order valence-corrected chi connectivity index (χ0v) is 16.7. The van der Waals surface area contributed by atoms with Gasteiger partial charge in [0.25, 0.3) is 0 Å². The van der Waals surface area contributed by atoms with Crippen molar-refractivity contribution in [2.75, 3.05) is 19.5 Å². The first kappa shape index (κ1) is 20.5. The van der Waals surface area contributed by atoms with Crippen LogP contribution in [0.15, 0.2) is 24.3 Å². The third-order valence-corrected chi connectivity index (χ3v) is 5.37. The lowest BCUT2D eigenvalue weighted by atomic mass is 9.84. The molecular formula is C20H23FN4O4. The van der Waals surface area contributed by atoms with E-state index in [0.717, 1.165) is 0 Å². The van der Waals surface area contributed by atoms with Gasteiger partial charge in [-0.05, 0) is 31.0 Å². The highest BCUT2D eigenvalue weighted by atomic mass is 19.1. The molecule has 0 saturated carbocycles. The second-order valence-corrected chi connectivity index (χ2v) is 7.06. The summed E-state index contributed by atoms with van der Waals surface area (Å²) in [6, 6.07) is 5.21. The van der Waals surface area contributed by atoms with E-state index in [-0.39, 0.29) is 29.6 Å². The quantitative estimate of drug-likeness (QED) is 0.792. The molecule has 1 aromatic carbocycles. The SMILES string of the molecule is COC(=O)c1nn(C)c(C)c1NC(=O)C1CCC(=O)N(C)C1c1ccc(F)cc1. The Bertz CT molecular complexity index is 954. The molecule has 1 aliphatic heterocycles. The molecule has 1 N–H and O–H groups in total. The highest BCUT2D eigenvalue weighted by Crippen LogP contribution is 2.37. The molecule has 2 amide bonds. The van der Waals surface area contributed by atoms with Gasteiger partial charge in [-0.15, -0.1) is 0 Å². The Morgan fingerprint density at radius 2 is 1.90 bits per heavy atom. The summed E-state index contributed by atoms with van der Waals surface area (Å²) in [6.07, 6.45) is 0.562. The van der Waals surface area contributed by atoms with E-state index in [0.29, 0.717) is 17.7 Å². The van der Waals surface area contributed by atoms with Gasteiger partial charge in [-0.25, -0.2) is 9.18 Å². The minimum Gasteiger partial charge on any atom is -0.464 e. The van der Waals surface area contributed by atoms with Crippen LogP contribution in [0.1, 0.15) is 40.6 Å². The van der Waals surface area contributed by atoms with Crippen molar-refractivity contribution in [1.82, 2.24) is 14.7 Å². The highest BCUT2D eigenvalue weighted by molar-refractivity contribution is 6.02. The maximum atomic E-state index is 13.4. The monoisotopic (exact) mass is 402 g/mol. The summed E-state index contributed by atoms with van der Waals surface area (Å²) in [4.78, 5) is 39.0. The molecule has 1 fully saturated rings. The number of rotatable bonds is 4. The van der Waals surface area contributed by atoms with Crippen LogP contribution in [0.25, 0.3) is 0 Å². The van der Waals surface area contributed by atoms with Crippen LogP contribution in [-0.2, 0) is 21.4 Å². The van der Waals surface area contributed by atoms with Gasteiger partial charge in [-0.3, -0.25) is 14.3 Å². The Morgan fingerprint density at radius 1 is 1.24 bits per heavy atom. The van der Waals surface area contributed by atoms with Crippen LogP contribution >= 0.6 is 0 Å². The van der Waals surface area contributed by atoms with Gasteiger partial charge in [0.15, 0.2) is 5.69 Å². The molecule has 0 bridgehead atoms. The summed E-state index contributed by atoms with van der Waals surface area (Å²) >= 11 is 0. The fourth-order valence-electron chi connectivity index (χ4n) is 3.64. The summed E-state index contributed by atoms with van der Waals surface area (Å²) in [6.45, 7) is 1.73. The second-order valence-electron chi connectivity index (χ2n) is 7.06. The van der Waals surface area contributed by atoms with Crippen molar-refractivity contribution < 1.29 is 23.5 Å². The number of anilines is 1. The number of hydrogen-bond donors (Lipinski definition) is 1. The molecule has 1 aromatic heterocycles. The van der Waals surface area contributed by atoms with Gasteiger partial charge >= 0.3 is 5.97 Å².